The van der Waals surface area contributed by atoms with Crippen LogP contribution >= 0.6 is 0 Å². The second kappa shape index (κ2) is 6.02. The van der Waals surface area contributed by atoms with Crippen LogP contribution in [-0.4, -0.2) is 42.8 Å². The third kappa shape index (κ3) is 3.06. The molecule has 3 rings (SSSR count). The topological polar surface area (TPSA) is 75.7 Å². The fourth-order valence-electron chi connectivity index (χ4n) is 3.34. The molecule has 6 nitrogen and oxygen atoms in total. The molecule has 1 atom stereocenters. The van der Waals surface area contributed by atoms with Gasteiger partial charge in [0.15, 0.2) is 0 Å². The van der Waals surface area contributed by atoms with Crippen LogP contribution in [-0.2, 0) is 20.8 Å². The molecule has 0 aromatic heterocycles. The molecule has 2 heterocycles. The van der Waals surface area contributed by atoms with E-state index in [-0.39, 0.29) is 24.1 Å². The molecule has 2 fully saturated rings. The molecule has 6 heteroatoms. The highest BCUT2D eigenvalue weighted by Crippen LogP contribution is 2.37. The van der Waals surface area contributed by atoms with Crippen molar-refractivity contribution in [2.24, 2.45) is 5.41 Å². The smallest absolute Gasteiger partial charge is 0.235 e. The van der Waals surface area contributed by atoms with E-state index in [1.165, 1.54) is 0 Å². The van der Waals surface area contributed by atoms with Crippen molar-refractivity contribution in [1.82, 2.24) is 10.2 Å². The van der Waals surface area contributed by atoms with Gasteiger partial charge in [0, 0.05) is 25.9 Å². The Bertz CT molecular complexity index is 658. The second-order valence-electron chi connectivity index (χ2n) is 6.25. The highest BCUT2D eigenvalue weighted by atomic mass is 16.5. The molecule has 1 aromatic rings. The molecule has 2 aliphatic heterocycles. The summed E-state index contributed by atoms with van der Waals surface area (Å²) in [5.74, 6) is 0.333. The molecule has 1 aromatic carbocycles. The van der Waals surface area contributed by atoms with E-state index in [4.69, 9.17) is 4.74 Å². The number of hydrogen-bond donors (Lipinski definition) is 1. The Labute approximate surface area is 134 Å². The van der Waals surface area contributed by atoms with Gasteiger partial charge in [0.05, 0.1) is 12.5 Å². The summed E-state index contributed by atoms with van der Waals surface area (Å²) in [7, 11) is 1.61. The maximum atomic E-state index is 12.4. The van der Waals surface area contributed by atoms with Crippen LogP contribution in [0.2, 0.25) is 0 Å². The van der Waals surface area contributed by atoms with Crippen LogP contribution in [0, 0.1) is 5.41 Å². The Hall–Kier alpha value is -2.37. The van der Waals surface area contributed by atoms with Crippen molar-refractivity contribution in [3.63, 3.8) is 0 Å². The Kier molecular flexibility index (Phi) is 4.07. The molecule has 23 heavy (non-hydrogen) atoms. The zero-order chi connectivity index (χ0) is 16.4. The fourth-order valence-corrected chi connectivity index (χ4v) is 3.34. The molecule has 0 radical (unpaired) electrons. The number of imide groups is 1. The summed E-state index contributed by atoms with van der Waals surface area (Å²) in [5, 5.41) is 2.35. The van der Waals surface area contributed by atoms with Gasteiger partial charge < -0.3 is 9.64 Å². The van der Waals surface area contributed by atoms with Gasteiger partial charge in [0.25, 0.3) is 0 Å². The summed E-state index contributed by atoms with van der Waals surface area (Å²) in [6.07, 6.45) is 1.78. The SMILES string of the molecule is COc1cccc(CCC(=O)N2CCC3(CC(=O)NC3=O)C2)c1. The van der Waals surface area contributed by atoms with Crippen molar-refractivity contribution in [2.75, 3.05) is 20.2 Å². The molecular formula is C17H20N2O4. The molecule has 1 N–H and O–H groups in total. The van der Waals surface area contributed by atoms with Crippen molar-refractivity contribution < 1.29 is 19.1 Å². The average molecular weight is 316 g/mol. The third-order valence-corrected chi connectivity index (χ3v) is 4.70. The Morgan fingerprint density at radius 3 is 2.91 bits per heavy atom. The molecule has 2 aliphatic rings. The normalized spacial score (nSPS) is 23.4. The summed E-state index contributed by atoms with van der Waals surface area (Å²) in [6.45, 7) is 0.888. The highest BCUT2D eigenvalue weighted by molar-refractivity contribution is 6.06. The van der Waals surface area contributed by atoms with Crippen LogP contribution in [0.5, 0.6) is 5.75 Å². The molecule has 2 saturated heterocycles. The van der Waals surface area contributed by atoms with Crippen molar-refractivity contribution in [3.05, 3.63) is 29.8 Å². The molecule has 0 aliphatic carbocycles. The Morgan fingerprint density at radius 2 is 2.22 bits per heavy atom. The van der Waals surface area contributed by atoms with E-state index >= 15 is 0 Å². The van der Waals surface area contributed by atoms with E-state index in [0.717, 1.165) is 11.3 Å². The maximum Gasteiger partial charge on any atom is 0.235 e. The number of rotatable bonds is 4. The lowest BCUT2D eigenvalue weighted by molar-refractivity contribution is -0.131. The Balaban J connectivity index is 1.57. The number of aryl methyl sites for hydroxylation is 1. The monoisotopic (exact) mass is 316 g/mol. The number of carbonyl (C=O) groups is 3. The van der Waals surface area contributed by atoms with Gasteiger partial charge in [0.1, 0.15) is 5.75 Å². The van der Waals surface area contributed by atoms with Crippen LogP contribution in [0.15, 0.2) is 24.3 Å². The number of nitrogens with one attached hydrogen (secondary N) is 1. The first-order valence-electron chi connectivity index (χ1n) is 7.77. The van der Waals surface area contributed by atoms with E-state index in [1.54, 1.807) is 12.0 Å². The predicted molar refractivity (Wildman–Crippen MR) is 82.7 cm³/mol. The number of nitrogens with zero attached hydrogens (tertiary/aromatic N) is 1. The first-order chi connectivity index (χ1) is 11.0. The van der Waals surface area contributed by atoms with Gasteiger partial charge in [-0.15, -0.1) is 0 Å². The minimum Gasteiger partial charge on any atom is -0.497 e. The number of likely N-dealkylation sites (tertiary alicyclic amines) is 1. The van der Waals surface area contributed by atoms with E-state index < -0.39 is 5.41 Å². The van der Waals surface area contributed by atoms with E-state index in [1.807, 2.05) is 24.3 Å². The summed E-state index contributed by atoms with van der Waals surface area (Å²) in [4.78, 5) is 37.4. The van der Waals surface area contributed by atoms with Gasteiger partial charge in [-0.25, -0.2) is 0 Å². The van der Waals surface area contributed by atoms with Gasteiger partial charge in [-0.05, 0) is 30.5 Å². The highest BCUT2D eigenvalue weighted by Gasteiger charge is 2.51. The zero-order valence-electron chi connectivity index (χ0n) is 13.1. The van der Waals surface area contributed by atoms with Crippen LogP contribution in [0.25, 0.3) is 0 Å². The number of amides is 3. The van der Waals surface area contributed by atoms with Crippen LogP contribution in [0.3, 0.4) is 0 Å². The first kappa shape index (κ1) is 15.5. The Morgan fingerprint density at radius 1 is 1.39 bits per heavy atom. The van der Waals surface area contributed by atoms with Crippen molar-refractivity contribution in [1.29, 1.82) is 0 Å². The molecule has 1 unspecified atom stereocenters. The number of hydrogen-bond acceptors (Lipinski definition) is 4. The largest absolute Gasteiger partial charge is 0.497 e. The van der Waals surface area contributed by atoms with E-state index in [9.17, 15) is 14.4 Å². The van der Waals surface area contributed by atoms with Crippen molar-refractivity contribution >= 4 is 17.7 Å². The first-order valence-corrected chi connectivity index (χ1v) is 7.77. The van der Waals surface area contributed by atoms with Gasteiger partial charge >= 0.3 is 0 Å². The van der Waals surface area contributed by atoms with Gasteiger partial charge in [-0.1, -0.05) is 12.1 Å². The van der Waals surface area contributed by atoms with Crippen molar-refractivity contribution in [3.8, 4) is 5.75 Å². The van der Waals surface area contributed by atoms with Gasteiger partial charge in [-0.2, -0.15) is 0 Å². The van der Waals surface area contributed by atoms with Crippen LogP contribution in [0.1, 0.15) is 24.8 Å². The van der Waals surface area contributed by atoms with Gasteiger partial charge in [0.2, 0.25) is 17.7 Å². The molecule has 0 saturated carbocycles. The van der Waals surface area contributed by atoms with Crippen molar-refractivity contribution in [2.45, 2.75) is 25.7 Å². The number of ether oxygens (including phenoxy) is 1. The lowest BCUT2D eigenvalue weighted by Crippen LogP contribution is -2.36. The molecule has 1 spiro atoms. The van der Waals surface area contributed by atoms with Crippen LogP contribution in [0.4, 0.5) is 0 Å². The lowest BCUT2D eigenvalue weighted by atomic mass is 9.85. The van der Waals surface area contributed by atoms with Gasteiger partial charge in [-0.3, -0.25) is 19.7 Å². The standard InChI is InChI=1S/C17H20N2O4/c1-23-13-4-2-3-12(9-13)5-6-15(21)19-8-7-17(11-19)10-14(20)18-16(17)22/h2-4,9H,5-8,10-11H2,1H3,(H,18,20,22). The fraction of sp³-hybridized carbons (Fsp3) is 0.471. The molecular weight excluding hydrogens is 296 g/mol. The summed E-state index contributed by atoms with van der Waals surface area (Å²) >= 11 is 0. The maximum absolute atomic E-state index is 12.4. The summed E-state index contributed by atoms with van der Waals surface area (Å²) in [6, 6.07) is 7.65. The second-order valence-corrected chi connectivity index (χ2v) is 6.25. The number of carbonyl (C=O) groups excluding carboxylic acids is 3. The predicted octanol–water partition coefficient (Wildman–Crippen LogP) is 0.893. The summed E-state index contributed by atoms with van der Waals surface area (Å²) in [5.41, 5.74) is 0.350. The number of methoxy groups -OCH3 is 1. The summed E-state index contributed by atoms with van der Waals surface area (Å²) < 4.78 is 5.17. The van der Waals surface area contributed by atoms with Crippen LogP contribution < -0.4 is 10.1 Å². The minimum absolute atomic E-state index is 0.0249. The minimum atomic E-state index is -0.692. The molecule has 3 amide bonds. The zero-order valence-corrected chi connectivity index (χ0v) is 13.1. The van der Waals surface area contributed by atoms with E-state index in [0.29, 0.717) is 32.4 Å². The number of benzene rings is 1. The molecule has 0 bridgehead atoms. The lowest BCUT2D eigenvalue weighted by Gasteiger charge is -2.20. The molecule has 122 valence electrons. The van der Waals surface area contributed by atoms with E-state index in [2.05, 4.69) is 5.32 Å². The quantitative estimate of drug-likeness (QED) is 0.837. The average Bonchev–Trinajstić information content (AvgIpc) is 3.09. The third-order valence-electron chi connectivity index (χ3n) is 4.70.